The standard InChI is InChI=1S/C22H18F3N7O/c1-13-3-4-19(28-8-13)15-5-16(21(33)29-11-17-10-26-14(2)9-27-17)7-18(6-15)32-20(12-30-31-32)22(23,24)25/h3-10,12H,11H2,1-2H3,(H,29,33). The molecule has 1 aromatic carbocycles. The van der Waals surface area contributed by atoms with Crippen LogP contribution in [0.3, 0.4) is 0 Å². The lowest BCUT2D eigenvalue weighted by molar-refractivity contribution is -0.142. The summed E-state index contributed by atoms with van der Waals surface area (Å²) in [6, 6.07) is 7.90. The molecule has 4 rings (SSSR count). The minimum absolute atomic E-state index is 0.0278. The predicted molar refractivity (Wildman–Crippen MR) is 112 cm³/mol. The zero-order chi connectivity index (χ0) is 23.6. The van der Waals surface area contributed by atoms with E-state index in [0.717, 1.165) is 11.3 Å². The lowest BCUT2D eigenvalue weighted by Crippen LogP contribution is -2.24. The maximum absolute atomic E-state index is 13.4. The van der Waals surface area contributed by atoms with Gasteiger partial charge in [-0.25, -0.2) is 4.68 Å². The van der Waals surface area contributed by atoms with Crippen molar-refractivity contribution < 1.29 is 18.0 Å². The Balaban J connectivity index is 1.73. The van der Waals surface area contributed by atoms with Crippen molar-refractivity contribution in [3.63, 3.8) is 0 Å². The zero-order valence-corrected chi connectivity index (χ0v) is 17.6. The molecule has 0 atom stereocenters. The molecule has 8 nitrogen and oxygen atoms in total. The van der Waals surface area contributed by atoms with Crippen molar-refractivity contribution in [2.75, 3.05) is 0 Å². The van der Waals surface area contributed by atoms with Gasteiger partial charge in [-0.15, -0.1) is 5.10 Å². The average molecular weight is 453 g/mol. The van der Waals surface area contributed by atoms with Crippen LogP contribution in [-0.2, 0) is 12.7 Å². The van der Waals surface area contributed by atoms with Crippen molar-refractivity contribution in [2.45, 2.75) is 26.6 Å². The second-order valence-electron chi connectivity index (χ2n) is 7.35. The van der Waals surface area contributed by atoms with Gasteiger partial charge in [-0.1, -0.05) is 11.3 Å². The molecule has 1 N–H and O–H groups in total. The maximum atomic E-state index is 13.4. The highest BCUT2D eigenvalue weighted by atomic mass is 19.4. The largest absolute Gasteiger partial charge is 0.435 e. The first-order valence-corrected chi connectivity index (χ1v) is 9.83. The summed E-state index contributed by atoms with van der Waals surface area (Å²) in [5.41, 5.74) is 2.25. The molecule has 0 aliphatic carbocycles. The Hall–Kier alpha value is -4.15. The number of rotatable bonds is 5. The number of aryl methyl sites for hydroxylation is 2. The number of carbonyl (C=O) groups is 1. The molecular formula is C22H18F3N7O. The first-order valence-electron chi connectivity index (χ1n) is 9.83. The number of aromatic nitrogens is 6. The van der Waals surface area contributed by atoms with E-state index in [1.165, 1.54) is 12.1 Å². The molecule has 0 fully saturated rings. The van der Waals surface area contributed by atoms with Crippen LogP contribution < -0.4 is 5.32 Å². The molecule has 3 aromatic heterocycles. The molecule has 0 unspecified atom stereocenters. The minimum Gasteiger partial charge on any atom is -0.346 e. The van der Waals surface area contributed by atoms with Gasteiger partial charge in [-0.2, -0.15) is 13.2 Å². The minimum atomic E-state index is -4.67. The summed E-state index contributed by atoms with van der Waals surface area (Å²) >= 11 is 0. The van der Waals surface area contributed by atoms with Crippen molar-refractivity contribution in [1.82, 2.24) is 35.3 Å². The highest BCUT2D eigenvalue weighted by molar-refractivity contribution is 5.96. The third-order valence-electron chi connectivity index (χ3n) is 4.74. The van der Waals surface area contributed by atoms with Gasteiger partial charge in [0.2, 0.25) is 0 Å². The second-order valence-corrected chi connectivity index (χ2v) is 7.35. The number of hydrogen-bond donors (Lipinski definition) is 1. The van der Waals surface area contributed by atoms with Crippen LogP contribution in [-0.4, -0.2) is 35.9 Å². The molecular weight excluding hydrogens is 435 g/mol. The second kappa shape index (κ2) is 8.77. The van der Waals surface area contributed by atoms with Gasteiger partial charge >= 0.3 is 6.18 Å². The molecule has 0 saturated heterocycles. The number of hydrogen-bond acceptors (Lipinski definition) is 6. The van der Waals surface area contributed by atoms with Crippen LogP contribution in [0, 0.1) is 13.8 Å². The summed E-state index contributed by atoms with van der Waals surface area (Å²) in [6.07, 6.45) is 0.709. The first-order chi connectivity index (χ1) is 15.7. The van der Waals surface area contributed by atoms with Crippen LogP contribution in [0.25, 0.3) is 16.9 Å². The topological polar surface area (TPSA) is 98.5 Å². The Morgan fingerprint density at radius 2 is 1.82 bits per heavy atom. The van der Waals surface area contributed by atoms with Crippen LogP contribution in [0.5, 0.6) is 0 Å². The van der Waals surface area contributed by atoms with Crippen LogP contribution in [0.1, 0.15) is 33.0 Å². The summed E-state index contributed by atoms with van der Waals surface area (Å²) in [5.74, 6) is -0.499. The van der Waals surface area contributed by atoms with E-state index in [1.54, 1.807) is 37.6 Å². The van der Waals surface area contributed by atoms with Gasteiger partial charge in [0.1, 0.15) is 0 Å². The van der Waals surface area contributed by atoms with E-state index in [4.69, 9.17) is 0 Å². The van der Waals surface area contributed by atoms with Crippen LogP contribution in [0.15, 0.2) is 55.1 Å². The molecule has 0 aliphatic heterocycles. The van der Waals surface area contributed by atoms with Crippen LogP contribution >= 0.6 is 0 Å². The van der Waals surface area contributed by atoms with Crippen molar-refractivity contribution in [1.29, 1.82) is 0 Å². The molecule has 3 heterocycles. The quantitative estimate of drug-likeness (QED) is 0.495. The van der Waals surface area contributed by atoms with Crippen LogP contribution in [0.2, 0.25) is 0 Å². The monoisotopic (exact) mass is 453 g/mol. The van der Waals surface area contributed by atoms with E-state index >= 15 is 0 Å². The molecule has 0 radical (unpaired) electrons. The number of halogens is 3. The average Bonchev–Trinajstić information content (AvgIpc) is 3.29. The highest BCUT2D eigenvalue weighted by Crippen LogP contribution is 2.31. The molecule has 11 heteroatoms. The molecule has 168 valence electrons. The molecule has 0 spiro atoms. The Bertz CT molecular complexity index is 1280. The third kappa shape index (κ3) is 5.03. The lowest BCUT2D eigenvalue weighted by atomic mass is 10.0. The van der Waals surface area contributed by atoms with E-state index in [2.05, 4.69) is 30.6 Å². The molecule has 1 amide bonds. The summed E-state index contributed by atoms with van der Waals surface area (Å²) in [6.45, 7) is 3.76. The van der Waals surface area contributed by atoms with Gasteiger partial charge in [-0.3, -0.25) is 19.7 Å². The summed E-state index contributed by atoms with van der Waals surface area (Å²) < 4.78 is 40.9. The van der Waals surface area contributed by atoms with Crippen molar-refractivity contribution >= 4 is 5.91 Å². The molecule has 0 saturated carbocycles. The van der Waals surface area contributed by atoms with Crippen molar-refractivity contribution in [3.05, 3.63) is 83.3 Å². The number of amides is 1. The maximum Gasteiger partial charge on any atom is 0.435 e. The first kappa shape index (κ1) is 22.1. The molecule has 4 aromatic rings. The normalized spacial score (nSPS) is 11.4. The van der Waals surface area contributed by atoms with Gasteiger partial charge in [0.05, 0.1) is 41.7 Å². The van der Waals surface area contributed by atoms with Gasteiger partial charge in [0, 0.05) is 23.5 Å². The molecule has 0 bridgehead atoms. The summed E-state index contributed by atoms with van der Waals surface area (Å²) in [4.78, 5) is 25.5. The van der Waals surface area contributed by atoms with E-state index in [1.807, 2.05) is 13.0 Å². The van der Waals surface area contributed by atoms with E-state index in [-0.39, 0.29) is 17.8 Å². The Morgan fingerprint density at radius 1 is 1.00 bits per heavy atom. The fourth-order valence-corrected chi connectivity index (χ4v) is 3.05. The van der Waals surface area contributed by atoms with Gasteiger partial charge in [0.25, 0.3) is 5.91 Å². The Kier molecular flexibility index (Phi) is 5.86. The number of nitrogens with zero attached hydrogens (tertiary/aromatic N) is 6. The van der Waals surface area contributed by atoms with E-state index in [9.17, 15) is 18.0 Å². The Labute approximate surface area is 186 Å². The van der Waals surface area contributed by atoms with Crippen molar-refractivity contribution in [3.8, 4) is 16.9 Å². The molecule has 33 heavy (non-hydrogen) atoms. The number of benzene rings is 1. The molecule has 0 aliphatic rings. The number of pyridine rings is 1. The summed E-state index contributed by atoms with van der Waals surface area (Å²) in [7, 11) is 0. The fraction of sp³-hybridized carbons (Fsp3) is 0.182. The lowest BCUT2D eigenvalue weighted by Gasteiger charge is -2.13. The van der Waals surface area contributed by atoms with E-state index in [0.29, 0.717) is 27.8 Å². The fourth-order valence-electron chi connectivity index (χ4n) is 3.05. The number of nitrogens with one attached hydrogen (secondary N) is 1. The predicted octanol–water partition coefficient (Wildman–Crippen LogP) is 3.68. The van der Waals surface area contributed by atoms with Crippen LogP contribution in [0.4, 0.5) is 13.2 Å². The SMILES string of the molecule is Cc1ccc(-c2cc(C(=O)NCc3cnc(C)cn3)cc(-n3nncc3C(F)(F)F)c2)nc1. The zero-order valence-electron chi connectivity index (χ0n) is 17.6. The Morgan fingerprint density at radius 3 is 2.48 bits per heavy atom. The van der Waals surface area contributed by atoms with Gasteiger partial charge in [-0.05, 0) is 43.7 Å². The highest BCUT2D eigenvalue weighted by Gasteiger charge is 2.36. The van der Waals surface area contributed by atoms with Gasteiger partial charge < -0.3 is 5.32 Å². The van der Waals surface area contributed by atoms with Gasteiger partial charge in [0.15, 0.2) is 5.69 Å². The summed E-state index contributed by atoms with van der Waals surface area (Å²) in [5, 5.41) is 9.69. The number of carbonyl (C=O) groups excluding carboxylic acids is 1. The number of alkyl halides is 3. The third-order valence-corrected chi connectivity index (χ3v) is 4.74. The smallest absolute Gasteiger partial charge is 0.346 e. The van der Waals surface area contributed by atoms with Crippen molar-refractivity contribution in [2.24, 2.45) is 0 Å². The van der Waals surface area contributed by atoms with E-state index < -0.39 is 17.8 Å².